The van der Waals surface area contributed by atoms with Crippen molar-refractivity contribution in [2.75, 3.05) is 17.7 Å². The number of fused-ring (bicyclic) bond motifs is 3. The number of phenolic OH excluding ortho intramolecular Hbond substituents is 1. The lowest BCUT2D eigenvalue weighted by molar-refractivity contribution is -0.387. The third-order valence-electron chi connectivity index (χ3n) is 4.96. The molecule has 1 aliphatic rings. The Balaban J connectivity index is 1.82. The van der Waals surface area contributed by atoms with Crippen LogP contribution in [-0.2, 0) is 0 Å². The second kappa shape index (κ2) is 9.90. The van der Waals surface area contributed by atoms with Gasteiger partial charge in [0.05, 0.1) is 17.1 Å². The van der Waals surface area contributed by atoms with Crippen LogP contribution >= 0.6 is 11.8 Å². The van der Waals surface area contributed by atoms with Crippen LogP contribution in [0.1, 0.15) is 38.5 Å². The maximum absolute atomic E-state index is 12.0. The Morgan fingerprint density at radius 1 is 1.24 bits per heavy atom. The topological polar surface area (TPSA) is 133 Å². The molecule has 0 unspecified atom stereocenters. The summed E-state index contributed by atoms with van der Waals surface area (Å²) in [6.07, 6.45) is 1.07. The normalized spacial score (nSPS) is 14.3. The highest BCUT2D eigenvalue weighted by molar-refractivity contribution is 7.99. The Kier molecular flexibility index (Phi) is 6.78. The lowest BCUT2D eigenvalue weighted by atomic mass is 10.1. The van der Waals surface area contributed by atoms with E-state index < -0.39 is 11.2 Å². The van der Waals surface area contributed by atoms with Crippen molar-refractivity contribution in [3.63, 3.8) is 0 Å². The Labute approximate surface area is 194 Å². The van der Waals surface area contributed by atoms with E-state index in [9.17, 15) is 15.2 Å². The minimum absolute atomic E-state index is 0.151. The van der Waals surface area contributed by atoms with Gasteiger partial charge in [0.25, 0.3) is 0 Å². The van der Waals surface area contributed by atoms with E-state index in [1.807, 2.05) is 24.3 Å². The zero-order valence-electron chi connectivity index (χ0n) is 18.1. The molecule has 0 amide bonds. The van der Waals surface area contributed by atoms with Gasteiger partial charge in [-0.25, -0.2) is 0 Å². The van der Waals surface area contributed by atoms with Gasteiger partial charge in [0.1, 0.15) is 0 Å². The van der Waals surface area contributed by atoms with Crippen molar-refractivity contribution in [1.29, 1.82) is 0 Å². The lowest BCUT2D eigenvalue weighted by Gasteiger charge is -2.20. The molecule has 11 heteroatoms. The largest absolute Gasteiger partial charge is 0.504 e. The molecule has 1 atom stereocenters. The van der Waals surface area contributed by atoms with Gasteiger partial charge in [-0.05, 0) is 31.5 Å². The minimum atomic E-state index is -0.988. The number of para-hydroxylation sites is 1. The summed E-state index contributed by atoms with van der Waals surface area (Å²) in [7, 11) is 0. The summed E-state index contributed by atoms with van der Waals surface area (Å²) in [6, 6.07) is 10.1. The van der Waals surface area contributed by atoms with Gasteiger partial charge in [-0.3, -0.25) is 10.1 Å². The maximum atomic E-state index is 12.0. The number of ether oxygens (including phenoxy) is 2. The van der Waals surface area contributed by atoms with Gasteiger partial charge in [0, 0.05) is 17.0 Å². The van der Waals surface area contributed by atoms with E-state index in [-0.39, 0.29) is 35.2 Å². The van der Waals surface area contributed by atoms with E-state index in [0.717, 1.165) is 18.6 Å². The fourth-order valence-corrected chi connectivity index (χ4v) is 4.28. The van der Waals surface area contributed by atoms with Gasteiger partial charge in [0.2, 0.25) is 23.0 Å². The predicted molar refractivity (Wildman–Crippen MR) is 124 cm³/mol. The number of nitro groups is 1. The Morgan fingerprint density at radius 3 is 2.82 bits per heavy atom. The number of thioether (sulfide) groups is 1. The number of phenols is 1. The monoisotopic (exact) mass is 469 g/mol. The SMILES string of the molecule is CCCCSc1nnc2c(n1)O[C@H](c1ccc(O)c(OCC)c1[N+](=O)[O-])Nc1ccccc1-2. The molecule has 0 saturated heterocycles. The Hall–Kier alpha value is -3.60. The number of nitro benzene ring substituents is 1. The summed E-state index contributed by atoms with van der Waals surface area (Å²) in [5.41, 5.74) is 1.61. The van der Waals surface area contributed by atoms with Crippen LogP contribution in [0.3, 0.4) is 0 Å². The molecule has 0 aliphatic carbocycles. The van der Waals surface area contributed by atoms with Crippen LogP contribution in [0.15, 0.2) is 41.6 Å². The van der Waals surface area contributed by atoms with Crippen LogP contribution in [0.4, 0.5) is 11.4 Å². The number of rotatable bonds is 8. The second-order valence-electron chi connectivity index (χ2n) is 7.18. The highest BCUT2D eigenvalue weighted by Crippen LogP contribution is 2.45. The van der Waals surface area contributed by atoms with Crippen molar-refractivity contribution in [2.45, 2.75) is 38.1 Å². The van der Waals surface area contributed by atoms with Crippen molar-refractivity contribution >= 4 is 23.1 Å². The van der Waals surface area contributed by atoms with Crippen molar-refractivity contribution in [3.8, 4) is 28.6 Å². The van der Waals surface area contributed by atoms with Crippen molar-refractivity contribution in [1.82, 2.24) is 15.2 Å². The van der Waals surface area contributed by atoms with Crippen molar-refractivity contribution in [2.24, 2.45) is 0 Å². The van der Waals surface area contributed by atoms with Crippen LogP contribution in [0.2, 0.25) is 0 Å². The highest BCUT2D eigenvalue weighted by Gasteiger charge is 2.34. The molecule has 0 fully saturated rings. The average Bonchev–Trinajstić information content (AvgIpc) is 2.97. The van der Waals surface area contributed by atoms with E-state index >= 15 is 0 Å². The first-order valence-electron chi connectivity index (χ1n) is 10.6. The summed E-state index contributed by atoms with van der Waals surface area (Å²) in [5, 5.41) is 34.4. The molecule has 4 rings (SSSR count). The fraction of sp³-hybridized carbons (Fsp3) is 0.318. The lowest BCUT2D eigenvalue weighted by Crippen LogP contribution is -2.19. The van der Waals surface area contributed by atoms with Gasteiger partial charge < -0.3 is 19.9 Å². The van der Waals surface area contributed by atoms with E-state index in [0.29, 0.717) is 22.1 Å². The first kappa shape index (κ1) is 22.6. The summed E-state index contributed by atoms with van der Waals surface area (Å²) in [4.78, 5) is 15.9. The number of aromatic hydroxyl groups is 1. The first-order valence-corrected chi connectivity index (χ1v) is 11.5. The van der Waals surface area contributed by atoms with Crippen LogP contribution in [0.25, 0.3) is 11.3 Å². The van der Waals surface area contributed by atoms with E-state index in [1.54, 1.807) is 6.92 Å². The van der Waals surface area contributed by atoms with Gasteiger partial charge in [-0.1, -0.05) is 43.3 Å². The number of nitrogens with one attached hydrogen (secondary N) is 1. The quantitative estimate of drug-likeness (QED) is 0.202. The molecular weight excluding hydrogens is 446 g/mol. The number of hydrogen-bond donors (Lipinski definition) is 2. The summed E-state index contributed by atoms with van der Waals surface area (Å²) < 4.78 is 11.5. The molecule has 0 radical (unpaired) electrons. The number of aromatic nitrogens is 3. The molecule has 172 valence electrons. The van der Waals surface area contributed by atoms with E-state index in [1.165, 1.54) is 23.9 Å². The van der Waals surface area contributed by atoms with Crippen LogP contribution in [0.5, 0.6) is 17.4 Å². The third-order valence-corrected chi connectivity index (χ3v) is 5.88. The fourth-order valence-electron chi connectivity index (χ4n) is 3.42. The van der Waals surface area contributed by atoms with Gasteiger partial charge in [0.15, 0.2) is 11.4 Å². The molecule has 0 bridgehead atoms. The molecule has 2 heterocycles. The molecule has 2 N–H and O–H groups in total. The molecular formula is C22H23N5O5S. The second-order valence-corrected chi connectivity index (χ2v) is 8.24. The number of unbranched alkanes of at least 4 members (excludes halogenated alkanes) is 1. The van der Waals surface area contributed by atoms with Gasteiger partial charge >= 0.3 is 5.69 Å². The van der Waals surface area contributed by atoms with Crippen molar-refractivity contribution < 1.29 is 19.5 Å². The Morgan fingerprint density at radius 2 is 2.06 bits per heavy atom. The molecule has 2 aromatic carbocycles. The number of benzene rings is 2. The molecule has 3 aromatic rings. The van der Waals surface area contributed by atoms with Crippen molar-refractivity contribution in [3.05, 3.63) is 52.1 Å². The zero-order chi connectivity index (χ0) is 23.4. The smallest absolute Gasteiger partial charge is 0.323 e. The average molecular weight is 470 g/mol. The summed E-state index contributed by atoms with van der Waals surface area (Å²) in [6.45, 7) is 3.94. The van der Waals surface area contributed by atoms with E-state index in [2.05, 4.69) is 27.4 Å². The highest BCUT2D eigenvalue weighted by atomic mass is 32.2. The predicted octanol–water partition coefficient (Wildman–Crippen LogP) is 4.95. The molecule has 0 saturated carbocycles. The maximum Gasteiger partial charge on any atom is 0.323 e. The van der Waals surface area contributed by atoms with Crippen LogP contribution in [0, 0.1) is 10.1 Å². The van der Waals surface area contributed by atoms with Gasteiger partial charge in [-0.2, -0.15) is 4.98 Å². The van der Waals surface area contributed by atoms with E-state index in [4.69, 9.17) is 9.47 Å². The molecule has 10 nitrogen and oxygen atoms in total. The first-order chi connectivity index (χ1) is 16.0. The third kappa shape index (κ3) is 4.63. The standard InChI is InChI=1S/C22H23N5O5S/c1-3-5-12-33-22-24-21-17(25-26-22)13-8-6-7-9-15(13)23-20(32-21)14-10-11-16(28)19(31-4-2)18(14)27(29)30/h6-11,20,23,28H,3-5,12H2,1-2H3/t20-/m1/s1. The molecule has 1 aromatic heterocycles. The summed E-state index contributed by atoms with van der Waals surface area (Å²) in [5.74, 6) is 0.531. The van der Waals surface area contributed by atoms with Crippen LogP contribution < -0.4 is 14.8 Å². The minimum Gasteiger partial charge on any atom is -0.504 e. The molecule has 1 aliphatic heterocycles. The number of nitrogens with zero attached hydrogens (tertiary/aromatic N) is 4. The summed E-state index contributed by atoms with van der Waals surface area (Å²) >= 11 is 1.48. The van der Waals surface area contributed by atoms with Crippen LogP contribution in [-0.4, -0.2) is 37.6 Å². The number of hydrogen-bond acceptors (Lipinski definition) is 10. The molecule has 0 spiro atoms. The Bertz CT molecular complexity index is 1180. The zero-order valence-corrected chi connectivity index (χ0v) is 19.0. The number of anilines is 1. The molecule has 33 heavy (non-hydrogen) atoms. The van der Waals surface area contributed by atoms with Gasteiger partial charge in [-0.15, -0.1) is 10.2 Å².